The second kappa shape index (κ2) is 6.20. The van der Waals surface area contributed by atoms with Crippen molar-refractivity contribution < 1.29 is 9.13 Å². The molecule has 19 heavy (non-hydrogen) atoms. The predicted octanol–water partition coefficient (Wildman–Crippen LogP) is 5.29. The van der Waals surface area contributed by atoms with Gasteiger partial charge in [0.15, 0.2) is 11.6 Å². The Morgan fingerprint density at radius 3 is 2.37 bits per heavy atom. The van der Waals surface area contributed by atoms with E-state index in [1.165, 1.54) is 11.6 Å². The van der Waals surface area contributed by atoms with Crippen LogP contribution in [-0.4, -0.2) is 0 Å². The number of rotatable bonds is 4. The average molecular weight is 323 g/mol. The first-order chi connectivity index (χ1) is 9.06. The summed E-state index contributed by atoms with van der Waals surface area (Å²) in [6, 6.07) is 13.0. The number of hydrogen-bond donors (Lipinski definition) is 0. The molecule has 0 saturated carbocycles. The summed E-state index contributed by atoms with van der Waals surface area (Å²) >= 11 is 3.22. The molecule has 0 heterocycles. The molecule has 0 fully saturated rings. The lowest BCUT2D eigenvalue weighted by Gasteiger charge is -2.09. The highest BCUT2D eigenvalue weighted by Gasteiger charge is 2.04. The van der Waals surface area contributed by atoms with Crippen molar-refractivity contribution in [3.8, 4) is 5.75 Å². The van der Waals surface area contributed by atoms with Gasteiger partial charge in [-0.15, -0.1) is 0 Å². The molecule has 0 saturated heterocycles. The van der Waals surface area contributed by atoms with Crippen LogP contribution >= 0.6 is 15.9 Å². The lowest BCUT2D eigenvalue weighted by molar-refractivity contribution is 0.290. The van der Waals surface area contributed by atoms with Gasteiger partial charge in [-0.25, -0.2) is 4.39 Å². The summed E-state index contributed by atoms with van der Waals surface area (Å²) in [7, 11) is 0. The molecule has 100 valence electrons. The van der Waals surface area contributed by atoms with E-state index in [1.807, 2.05) is 12.1 Å². The van der Waals surface area contributed by atoms with Crippen LogP contribution in [0.15, 0.2) is 46.9 Å². The average Bonchev–Trinajstić information content (AvgIpc) is 2.38. The van der Waals surface area contributed by atoms with Crippen molar-refractivity contribution in [3.05, 3.63) is 63.9 Å². The van der Waals surface area contributed by atoms with Gasteiger partial charge in [-0.05, 0) is 35.2 Å². The summed E-state index contributed by atoms with van der Waals surface area (Å²) in [5.74, 6) is 0.434. The fourth-order valence-electron chi connectivity index (χ4n) is 1.75. The number of ether oxygens (including phenoxy) is 1. The fraction of sp³-hybridized carbons (Fsp3) is 0.250. The largest absolute Gasteiger partial charge is 0.486 e. The van der Waals surface area contributed by atoms with Crippen LogP contribution in [0.25, 0.3) is 0 Å². The third kappa shape index (κ3) is 3.80. The molecule has 2 rings (SSSR count). The second-order valence-electron chi connectivity index (χ2n) is 4.76. The van der Waals surface area contributed by atoms with Gasteiger partial charge >= 0.3 is 0 Å². The molecule has 0 aromatic heterocycles. The third-order valence-electron chi connectivity index (χ3n) is 2.93. The number of hydrogen-bond acceptors (Lipinski definition) is 1. The molecule has 0 bridgehead atoms. The first kappa shape index (κ1) is 14.1. The zero-order valence-electron chi connectivity index (χ0n) is 11.0. The molecule has 0 aliphatic carbocycles. The summed E-state index contributed by atoms with van der Waals surface area (Å²) in [4.78, 5) is 0. The van der Waals surface area contributed by atoms with Crippen molar-refractivity contribution in [1.82, 2.24) is 0 Å². The Kier molecular flexibility index (Phi) is 4.59. The molecular weight excluding hydrogens is 307 g/mol. The van der Waals surface area contributed by atoms with E-state index in [0.717, 1.165) is 5.56 Å². The molecule has 0 aliphatic rings. The Morgan fingerprint density at radius 1 is 1.11 bits per heavy atom. The molecule has 0 atom stereocenters. The van der Waals surface area contributed by atoms with Gasteiger partial charge in [0.25, 0.3) is 0 Å². The lowest BCUT2D eigenvalue weighted by Crippen LogP contribution is -1.98. The molecule has 1 nitrogen and oxygen atoms in total. The first-order valence-electron chi connectivity index (χ1n) is 6.23. The van der Waals surface area contributed by atoms with E-state index < -0.39 is 0 Å². The maximum absolute atomic E-state index is 13.6. The maximum Gasteiger partial charge on any atom is 0.166 e. The zero-order chi connectivity index (χ0) is 13.8. The van der Waals surface area contributed by atoms with Gasteiger partial charge in [-0.1, -0.05) is 54.0 Å². The summed E-state index contributed by atoms with van der Waals surface area (Å²) in [5, 5.41) is 0. The Morgan fingerprint density at radius 2 is 1.79 bits per heavy atom. The summed E-state index contributed by atoms with van der Waals surface area (Å²) in [5.41, 5.74) is 2.32. The van der Waals surface area contributed by atoms with Crippen LogP contribution in [0, 0.1) is 5.82 Å². The monoisotopic (exact) mass is 322 g/mol. The summed E-state index contributed by atoms with van der Waals surface area (Å²) < 4.78 is 19.8. The molecule has 0 N–H and O–H groups in total. The topological polar surface area (TPSA) is 9.23 Å². The van der Waals surface area contributed by atoms with Gasteiger partial charge in [-0.3, -0.25) is 0 Å². The van der Waals surface area contributed by atoms with Crippen LogP contribution in [0.3, 0.4) is 0 Å². The van der Waals surface area contributed by atoms with E-state index >= 15 is 0 Å². The molecule has 0 spiro atoms. The van der Waals surface area contributed by atoms with Crippen LogP contribution in [0.1, 0.15) is 30.9 Å². The number of halogens is 2. The summed E-state index contributed by atoms with van der Waals surface area (Å²) in [6.45, 7) is 4.68. The van der Waals surface area contributed by atoms with Crippen molar-refractivity contribution in [3.63, 3.8) is 0 Å². The molecule has 0 aliphatic heterocycles. The normalized spacial score (nSPS) is 10.8. The highest BCUT2D eigenvalue weighted by Crippen LogP contribution is 2.22. The minimum absolute atomic E-state index is 0.274. The van der Waals surface area contributed by atoms with E-state index in [2.05, 4.69) is 41.9 Å². The van der Waals surface area contributed by atoms with Crippen molar-refractivity contribution in [2.45, 2.75) is 26.4 Å². The van der Waals surface area contributed by atoms with Gasteiger partial charge in [0.1, 0.15) is 6.61 Å². The Labute approximate surface area is 121 Å². The fourth-order valence-corrected chi connectivity index (χ4v) is 2.09. The van der Waals surface area contributed by atoms with Crippen LogP contribution in [0.2, 0.25) is 0 Å². The minimum atomic E-state index is -0.354. The zero-order valence-corrected chi connectivity index (χ0v) is 12.6. The Hall–Kier alpha value is -1.35. The highest BCUT2D eigenvalue weighted by molar-refractivity contribution is 9.10. The lowest BCUT2D eigenvalue weighted by atomic mass is 10.0. The van der Waals surface area contributed by atoms with E-state index in [4.69, 9.17) is 4.74 Å². The standard InChI is InChI=1S/C16H16BrFO/c1-11(2)13-5-3-12(4-6-13)10-19-16-8-7-14(17)9-15(16)18/h3-9,11H,10H2,1-2H3. The van der Waals surface area contributed by atoms with Gasteiger partial charge in [0.05, 0.1) is 0 Å². The molecule has 3 heteroatoms. The van der Waals surface area contributed by atoms with Crippen molar-refractivity contribution in [2.24, 2.45) is 0 Å². The van der Waals surface area contributed by atoms with Crippen LogP contribution in [0.4, 0.5) is 4.39 Å². The highest BCUT2D eigenvalue weighted by atomic mass is 79.9. The van der Waals surface area contributed by atoms with E-state index in [0.29, 0.717) is 17.0 Å². The first-order valence-corrected chi connectivity index (χ1v) is 7.02. The van der Waals surface area contributed by atoms with Gasteiger partial charge < -0.3 is 4.74 Å². The smallest absolute Gasteiger partial charge is 0.166 e. The van der Waals surface area contributed by atoms with Crippen molar-refractivity contribution >= 4 is 15.9 Å². The van der Waals surface area contributed by atoms with Crippen LogP contribution < -0.4 is 4.74 Å². The van der Waals surface area contributed by atoms with E-state index in [1.54, 1.807) is 12.1 Å². The molecule has 0 amide bonds. The molecule has 2 aromatic rings. The maximum atomic E-state index is 13.6. The number of benzene rings is 2. The van der Waals surface area contributed by atoms with E-state index in [-0.39, 0.29) is 11.6 Å². The van der Waals surface area contributed by atoms with Crippen LogP contribution in [-0.2, 0) is 6.61 Å². The van der Waals surface area contributed by atoms with Crippen LogP contribution in [0.5, 0.6) is 5.75 Å². The molecular formula is C16H16BrFO. The second-order valence-corrected chi connectivity index (χ2v) is 5.68. The molecule has 0 radical (unpaired) electrons. The Bertz CT molecular complexity index is 549. The molecule has 2 aromatic carbocycles. The van der Waals surface area contributed by atoms with Gasteiger partial charge in [-0.2, -0.15) is 0 Å². The predicted molar refractivity (Wildman–Crippen MR) is 79.0 cm³/mol. The van der Waals surface area contributed by atoms with Gasteiger partial charge in [0.2, 0.25) is 0 Å². The van der Waals surface area contributed by atoms with Gasteiger partial charge in [0, 0.05) is 4.47 Å². The summed E-state index contributed by atoms with van der Waals surface area (Å²) in [6.07, 6.45) is 0. The minimum Gasteiger partial charge on any atom is -0.486 e. The Balaban J connectivity index is 2.02. The third-order valence-corrected chi connectivity index (χ3v) is 3.43. The van der Waals surface area contributed by atoms with Crippen molar-refractivity contribution in [1.29, 1.82) is 0 Å². The SMILES string of the molecule is CC(C)c1ccc(COc2ccc(Br)cc2F)cc1. The quantitative estimate of drug-likeness (QED) is 0.743. The van der Waals surface area contributed by atoms with E-state index in [9.17, 15) is 4.39 Å². The van der Waals surface area contributed by atoms with Crippen molar-refractivity contribution in [2.75, 3.05) is 0 Å². The molecule has 0 unspecified atom stereocenters.